The first-order valence-corrected chi connectivity index (χ1v) is 11.7. The number of carbonyl (C=O) groups excluding carboxylic acids is 2. The highest BCUT2D eigenvalue weighted by atomic mass is 32.2. The van der Waals surface area contributed by atoms with Crippen LogP contribution in [0.2, 0.25) is 0 Å². The number of ether oxygens (including phenoxy) is 1. The maximum Gasteiger partial charge on any atom is 0.253 e. The van der Waals surface area contributed by atoms with Gasteiger partial charge in [-0.25, -0.2) is 0 Å². The maximum atomic E-state index is 13.5. The summed E-state index contributed by atoms with van der Waals surface area (Å²) in [5.41, 5.74) is 2.77. The van der Waals surface area contributed by atoms with Gasteiger partial charge < -0.3 is 15.0 Å². The van der Waals surface area contributed by atoms with E-state index in [1.165, 1.54) is 0 Å². The lowest BCUT2D eigenvalue weighted by Crippen LogP contribution is -2.45. The molecule has 0 aliphatic carbocycles. The molecule has 0 bridgehead atoms. The smallest absolute Gasteiger partial charge is 0.253 e. The van der Waals surface area contributed by atoms with Crippen molar-refractivity contribution >= 4 is 29.3 Å². The highest BCUT2D eigenvalue weighted by Crippen LogP contribution is 2.36. The lowest BCUT2D eigenvalue weighted by atomic mass is 9.73. The van der Waals surface area contributed by atoms with Crippen LogP contribution in [0.5, 0.6) is 0 Å². The van der Waals surface area contributed by atoms with Gasteiger partial charge in [0.2, 0.25) is 5.91 Å². The Labute approximate surface area is 182 Å². The summed E-state index contributed by atoms with van der Waals surface area (Å²) in [7, 11) is 0. The fraction of sp³-hybridized carbons (Fsp3) is 0.417. The molecule has 30 heavy (non-hydrogen) atoms. The van der Waals surface area contributed by atoms with Gasteiger partial charge in [-0.1, -0.05) is 30.3 Å². The number of anilines is 1. The zero-order valence-corrected chi connectivity index (χ0v) is 18.2. The lowest BCUT2D eigenvalue weighted by Gasteiger charge is -2.36. The third-order valence-corrected chi connectivity index (χ3v) is 7.07. The first-order chi connectivity index (χ1) is 14.6. The number of hydrogen-bond donors (Lipinski definition) is 1. The molecule has 2 amide bonds. The Bertz CT molecular complexity index is 904. The van der Waals surface area contributed by atoms with E-state index in [1.807, 2.05) is 72.1 Å². The second-order valence-corrected chi connectivity index (χ2v) is 9.17. The van der Waals surface area contributed by atoms with Crippen LogP contribution in [0.4, 0.5) is 5.69 Å². The maximum absolute atomic E-state index is 13.5. The fourth-order valence-electron chi connectivity index (χ4n) is 4.25. The van der Waals surface area contributed by atoms with Gasteiger partial charge in [0.05, 0.1) is 5.41 Å². The largest absolute Gasteiger partial charge is 0.381 e. The number of aryl methyl sites for hydroxylation is 1. The van der Waals surface area contributed by atoms with Crippen LogP contribution in [0.15, 0.2) is 48.5 Å². The number of benzene rings is 2. The number of nitrogens with zero attached hydrogens (tertiary/aromatic N) is 1. The molecule has 2 saturated heterocycles. The molecule has 0 saturated carbocycles. The molecule has 1 N–H and O–H groups in total. The van der Waals surface area contributed by atoms with E-state index < -0.39 is 5.41 Å². The predicted molar refractivity (Wildman–Crippen MR) is 121 cm³/mol. The lowest BCUT2D eigenvalue weighted by molar-refractivity contribution is -0.125. The van der Waals surface area contributed by atoms with Crippen LogP contribution in [0.3, 0.4) is 0 Å². The summed E-state index contributed by atoms with van der Waals surface area (Å²) in [6.45, 7) is 4.68. The van der Waals surface area contributed by atoms with Crippen molar-refractivity contribution in [1.29, 1.82) is 0 Å². The molecule has 2 aliphatic rings. The van der Waals surface area contributed by atoms with Gasteiger partial charge in [0.25, 0.3) is 5.91 Å². The Balaban J connectivity index is 1.54. The van der Waals surface area contributed by atoms with Gasteiger partial charge in [-0.2, -0.15) is 11.8 Å². The van der Waals surface area contributed by atoms with Gasteiger partial charge in [0.15, 0.2) is 0 Å². The van der Waals surface area contributed by atoms with E-state index in [9.17, 15) is 9.59 Å². The quantitative estimate of drug-likeness (QED) is 0.810. The number of hydrogen-bond acceptors (Lipinski definition) is 4. The zero-order chi connectivity index (χ0) is 21.0. The molecule has 0 aromatic heterocycles. The number of carbonyl (C=O) groups is 2. The first kappa shape index (κ1) is 20.9. The van der Waals surface area contributed by atoms with Crippen LogP contribution >= 0.6 is 11.8 Å². The van der Waals surface area contributed by atoms with E-state index in [1.54, 1.807) is 0 Å². The van der Waals surface area contributed by atoms with Crippen molar-refractivity contribution in [2.45, 2.75) is 25.2 Å². The van der Waals surface area contributed by atoms with Crippen LogP contribution in [-0.2, 0) is 14.9 Å². The van der Waals surface area contributed by atoms with Crippen molar-refractivity contribution in [2.24, 2.45) is 0 Å². The Hall–Kier alpha value is -2.31. The number of nitrogens with one attached hydrogen (secondary N) is 1. The van der Waals surface area contributed by atoms with Crippen LogP contribution in [0, 0.1) is 6.92 Å². The average molecular weight is 425 g/mol. The van der Waals surface area contributed by atoms with E-state index in [0.717, 1.165) is 41.4 Å². The van der Waals surface area contributed by atoms with Crippen LogP contribution in [-0.4, -0.2) is 54.5 Å². The molecule has 6 heteroatoms. The number of amides is 2. The van der Waals surface area contributed by atoms with Crippen molar-refractivity contribution in [3.05, 3.63) is 65.2 Å². The van der Waals surface area contributed by atoms with Crippen molar-refractivity contribution in [3.63, 3.8) is 0 Å². The van der Waals surface area contributed by atoms with Gasteiger partial charge in [-0.05, 0) is 49.1 Å². The van der Waals surface area contributed by atoms with E-state index in [0.29, 0.717) is 31.6 Å². The Morgan fingerprint density at radius 2 is 1.73 bits per heavy atom. The molecule has 2 aromatic carbocycles. The molecule has 2 aliphatic heterocycles. The molecule has 2 fully saturated rings. The summed E-state index contributed by atoms with van der Waals surface area (Å²) >= 11 is 1.88. The van der Waals surface area contributed by atoms with Gasteiger partial charge in [-0.3, -0.25) is 9.59 Å². The van der Waals surface area contributed by atoms with Crippen molar-refractivity contribution in [1.82, 2.24) is 4.90 Å². The fourth-order valence-corrected chi connectivity index (χ4v) is 5.15. The van der Waals surface area contributed by atoms with Crippen LogP contribution < -0.4 is 5.32 Å². The third-order valence-electron chi connectivity index (χ3n) is 6.13. The normalized spacial score (nSPS) is 18.6. The predicted octanol–water partition coefficient (Wildman–Crippen LogP) is 3.87. The second kappa shape index (κ2) is 9.23. The summed E-state index contributed by atoms with van der Waals surface area (Å²) in [5, 5.41) is 3.14. The molecule has 0 spiro atoms. The van der Waals surface area contributed by atoms with Gasteiger partial charge in [-0.15, -0.1) is 0 Å². The van der Waals surface area contributed by atoms with Gasteiger partial charge >= 0.3 is 0 Å². The SMILES string of the molecule is Cc1cc(C(=O)N2CCSCC2)ccc1NC(=O)C1(c2ccccc2)CCOCC1. The molecule has 2 heterocycles. The van der Waals surface area contributed by atoms with E-state index >= 15 is 0 Å². The number of thioether (sulfide) groups is 1. The summed E-state index contributed by atoms with van der Waals surface area (Å²) in [4.78, 5) is 28.2. The van der Waals surface area contributed by atoms with E-state index in [2.05, 4.69) is 5.32 Å². The van der Waals surface area contributed by atoms with Crippen LogP contribution in [0.1, 0.15) is 34.3 Å². The third kappa shape index (κ3) is 4.25. The number of rotatable bonds is 4. The van der Waals surface area contributed by atoms with Crippen molar-refractivity contribution < 1.29 is 14.3 Å². The first-order valence-electron chi connectivity index (χ1n) is 10.5. The summed E-state index contributed by atoms with van der Waals surface area (Å²) in [6, 6.07) is 15.5. The molecule has 0 atom stereocenters. The molecule has 5 nitrogen and oxygen atoms in total. The zero-order valence-electron chi connectivity index (χ0n) is 17.4. The second-order valence-electron chi connectivity index (χ2n) is 7.95. The average Bonchev–Trinajstić information content (AvgIpc) is 2.81. The highest BCUT2D eigenvalue weighted by molar-refractivity contribution is 7.99. The summed E-state index contributed by atoms with van der Waals surface area (Å²) < 4.78 is 5.55. The summed E-state index contributed by atoms with van der Waals surface area (Å²) in [6.07, 6.45) is 1.32. The molecular weight excluding hydrogens is 396 g/mol. The summed E-state index contributed by atoms with van der Waals surface area (Å²) in [5.74, 6) is 2.04. The molecule has 4 rings (SSSR count). The molecule has 0 unspecified atom stereocenters. The van der Waals surface area contributed by atoms with E-state index in [-0.39, 0.29) is 11.8 Å². The van der Waals surface area contributed by atoms with E-state index in [4.69, 9.17) is 4.74 Å². The topological polar surface area (TPSA) is 58.6 Å². The minimum absolute atomic E-state index is 0.00719. The molecule has 158 valence electrons. The molecule has 2 aromatic rings. The van der Waals surface area contributed by atoms with Crippen LogP contribution in [0.25, 0.3) is 0 Å². The molecule has 0 radical (unpaired) electrons. The Morgan fingerprint density at radius 3 is 2.40 bits per heavy atom. The minimum Gasteiger partial charge on any atom is -0.381 e. The van der Waals surface area contributed by atoms with Crippen molar-refractivity contribution in [3.8, 4) is 0 Å². The van der Waals surface area contributed by atoms with Gasteiger partial charge in [0, 0.05) is 49.1 Å². The standard InChI is InChI=1S/C24H28N2O3S/c1-18-17-19(22(27)26-11-15-30-16-12-26)7-8-21(18)25-23(28)24(9-13-29-14-10-24)20-5-3-2-4-6-20/h2-8,17H,9-16H2,1H3,(H,25,28). The van der Waals surface area contributed by atoms with Crippen molar-refractivity contribution in [2.75, 3.05) is 43.1 Å². The monoisotopic (exact) mass is 424 g/mol. The van der Waals surface area contributed by atoms with Gasteiger partial charge in [0.1, 0.15) is 0 Å². The minimum atomic E-state index is -0.591. The Kier molecular flexibility index (Phi) is 6.44. The Morgan fingerprint density at radius 1 is 1.03 bits per heavy atom. The highest BCUT2D eigenvalue weighted by Gasteiger charge is 2.41. The molecular formula is C24H28N2O3S.